The van der Waals surface area contributed by atoms with E-state index in [1.807, 2.05) is 60.7 Å². The lowest BCUT2D eigenvalue weighted by molar-refractivity contribution is -0.134. The molecule has 2 aromatic carbocycles. The molecule has 0 heterocycles. The average molecular weight is 328 g/mol. The topological polar surface area (TPSA) is 58.9 Å². The molecule has 0 unspecified atom stereocenters. The Bertz CT molecular complexity index is 585. The molecule has 4 nitrogen and oxygen atoms in total. The van der Waals surface area contributed by atoms with Gasteiger partial charge in [0.1, 0.15) is 18.3 Å². The van der Waals surface area contributed by atoms with Gasteiger partial charge in [-0.1, -0.05) is 66.7 Å². The molecule has 2 N–H and O–H groups in total. The van der Waals surface area contributed by atoms with Gasteiger partial charge < -0.3 is 19.7 Å². The quantitative estimate of drug-likeness (QED) is 0.659. The van der Waals surface area contributed by atoms with Crippen molar-refractivity contribution in [2.24, 2.45) is 0 Å². The summed E-state index contributed by atoms with van der Waals surface area (Å²) in [6.07, 6.45) is -0.885. The van der Waals surface area contributed by atoms with Gasteiger partial charge in [-0.15, -0.1) is 6.58 Å². The molecule has 0 aliphatic rings. The molecule has 0 saturated carbocycles. The summed E-state index contributed by atoms with van der Waals surface area (Å²) in [4.78, 5) is 0. The summed E-state index contributed by atoms with van der Waals surface area (Å²) in [5, 5.41) is 19.8. The van der Waals surface area contributed by atoms with E-state index in [1.165, 1.54) is 6.08 Å². The average Bonchev–Trinajstić information content (AvgIpc) is 2.65. The number of hydrogen-bond donors (Lipinski definition) is 2. The molecule has 0 aliphatic heterocycles. The van der Waals surface area contributed by atoms with Crippen LogP contribution < -0.4 is 0 Å². The fraction of sp³-hybridized carbons (Fsp3) is 0.300. The Morgan fingerprint density at radius 1 is 0.875 bits per heavy atom. The Hall–Kier alpha value is -1.98. The molecule has 0 amide bonds. The SMILES string of the molecule is C=C[C@@H](O)[C@H](OCc1ccccc1)[C@H](CO)OCc1ccccc1. The molecule has 0 spiro atoms. The van der Waals surface area contributed by atoms with E-state index in [0.29, 0.717) is 13.2 Å². The Morgan fingerprint density at radius 3 is 1.83 bits per heavy atom. The van der Waals surface area contributed by atoms with Crippen molar-refractivity contribution in [2.45, 2.75) is 31.5 Å². The van der Waals surface area contributed by atoms with Crippen molar-refractivity contribution < 1.29 is 19.7 Å². The van der Waals surface area contributed by atoms with Crippen LogP contribution in [0, 0.1) is 0 Å². The molecule has 0 bridgehead atoms. The minimum atomic E-state index is -0.929. The Kier molecular flexibility index (Phi) is 7.65. The molecule has 0 aromatic heterocycles. The summed E-state index contributed by atoms with van der Waals surface area (Å²) in [6, 6.07) is 19.3. The van der Waals surface area contributed by atoms with Crippen molar-refractivity contribution in [2.75, 3.05) is 6.61 Å². The summed E-state index contributed by atoms with van der Waals surface area (Å²) in [5.41, 5.74) is 1.98. The third-order valence-electron chi connectivity index (χ3n) is 3.72. The van der Waals surface area contributed by atoms with Crippen molar-refractivity contribution in [3.63, 3.8) is 0 Å². The molecule has 2 rings (SSSR count). The third kappa shape index (κ3) is 5.58. The third-order valence-corrected chi connectivity index (χ3v) is 3.72. The van der Waals surface area contributed by atoms with Crippen LogP contribution in [0.5, 0.6) is 0 Å². The first kappa shape index (κ1) is 18.4. The van der Waals surface area contributed by atoms with Gasteiger partial charge in [0.15, 0.2) is 0 Å². The van der Waals surface area contributed by atoms with Crippen molar-refractivity contribution >= 4 is 0 Å². The first-order chi connectivity index (χ1) is 11.7. The van der Waals surface area contributed by atoms with Crippen LogP contribution in [-0.4, -0.2) is 35.1 Å². The van der Waals surface area contributed by atoms with Gasteiger partial charge in [-0.05, 0) is 11.1 Å². The van der Waals surface area contributed by atoms with Crippen molar-refractivity contribution in [1.82, 2.24) is 0 Å². The zero-order valence-corrected chi connectivity index (χ0v) is 13.6. The van der Waals surface area contributed by atoms with Crippen molar-refractivity contribution in [3.8, 4) is 0 Å². The smallest absolute Gasteiger partial charge is 0.116 e. The predicted octanol–water partition coefficient (Wildman–Crippen LogP) is 2.70. The predicted molar refractivity (Wildman–Crippen MR) is 93.3 cm³/mol. The monoisotopic (exact) mass is 328 g/mol. The van der Waals surface area contributed by atoms with E-state index in [1.54, 1.807) is 0 Å². The van der Waals surface area contributed by atoms with Gasteiger partial charge in [0.05, 0.1) is 19.8 Å². The van der Waals surface area contributed by atoms with Crippen LogP contribution in [0.2, 0.25) is 0 Å². The highest BCUT2D eigenvalue weighted by molar-refractivity contribution is 5.14. The second-order valence-electron chi connectivity index (χ2n) is 5.51. The van der Waals surface area contributed by atoms with E-state index in [-0.39, 0.29) is 6.61 Å². The van der Waals surface area contributed by atoms with Crippen molar-refractivity contribution in [1.29, 1.82) is 0 Å². The second-order valence-corrected chi connectivity index (χ2v) is 5.51. The first-order valence-electron chi connectivity index (χ1n) is 7.97. The van der Waals surface area contributed by atoms with E-state index in [4.69, 9.17) is 9.47 Å². The highest BCUT2D eigenvalue weighted by atomic mass is 16.6. The minimum Gasteiger partial charge on any atom is -0.394 e. The molecular formula is C20H24O4. The van der Waals surface area contributed by atoms with Crippen molar-refractivity contribution in [3.05, 3.63) is 84.4 Å². The van der Waals surface area contributed by atoms with Crippen LogP contribution in [0.3, 0.4) is 0 Å². The maximum atomic E-state index is 10.2. The largest absolute Gasteiger partial charge is 0.394 e. The van der Waals surface area contributed by atoms with Gasteiger partial charge in [-0.3, -0.25) is 0 Å². The zero-order chi connectivity index (χ0) is 17.2. The molecular weight excluding hydrogens is 304 g/mol. The van der Waals surface area contributed by atoms with Crippen LogP contribution in [0.15, 0.2) is 73.3 Å². The number of benzene rings is 2. The molecule has 2 aromatic rings. The van der Waals surface area contributed by atoms with E-state index >= 15 is 0 Å². The Morgan fingerprint density at radius 2 is 1.38 bits per heavy atom. The number of rotatable bonds is 10. The highest BCUT2D eigenvalue weighted by Crippen LogP contribution is 2.15. The van der Waals surface area contributed by atoms with Gasteiger partial charge in [-0.2, -0.15) is 0 Å². The first-order valence-corrected chi connectivity index (χ1v) is 7.97. The zero-order valence-electron chi connectivity index (χ0n) is 13.6. The number of ether oxygens (including phenoxy) is 2. The number of aliphatic hydroxyl groups is 2. The van der Waals surface area contributed by atoms with E-state index in [2.05, 4.69) is 6.58 Å². The van der Waals surface area contributed by atoms with Gasteiger partial charge in [-0.25, -0.2) is 0 Å². The fourth-order valence-corrected chi connectivity index (χ4v) is 2.36. The normalized spacial score (nSPS) is 14.8. The Balaban J connectivity index is 1.99. The Labute approximate surface area is 143 Å². The highest BCUT2D eigenvalue weighted by Gasteiger charge is 2.28. The molecule has 0 aliphatic carbocycles. The molecule has 0 radical (unpaired) electrons. The lowest BCUT2D eigenvalue weighted by Crippen LogP contribution is -2.42. The lowest BCUT2D eigenvalue weighted by Gasteiger charge is -2.28. The standard InChI is InChI=1S/C20H24O4/c1-2-18(22)20(24-15-17-11-7-4-8-12-17)19(13-21)23-14-16-9-5-3-6-10-16/h2-12,18-22H,1,13-15H2/t18-,19+,20+/m1/s1. The molecule has 0 saturated heterocycles. The lowest BCUT2D eigenvalue weighted by atomic mass is 10.1. The van der Waals surface area contributed by atoms with Crippen LogP contribution in [0.1, 0.15) is 11.1 Å². The molecule has 128 valence electrons. The van der Waals surface area contributed by atoms with Gasteiger partial charge in [0.2, 0.25) is 0 Å². The van der Waals surface area contributed by atoms with Gasteiger partial charge in [0, 0.05) is 0 Å². The van der Waals surface area contributed by atoms with Crippen LogP contribution >= 0.6 is 0 Å². The summed E-state index contributed by atoms with van der Waals surface area (Å²) >= 11 is 0. The van der Waals surface area contributed by atoms with E-state index in [0.717, 1.165) is 11.1 Å². The molecule has 0 fully saturated rings. The summed E-state index contributed by atoms with van der Waals surface area (Å²) < 4.78 is 11.6. The van der Waals surface area contributed by atoms with E-state index < -0.39 is 18.3 Å². The minimum absolute atomic E-state index is 0.253. The van der Waals surface area contributed by atoms with Crippen LogP contribution in [0.4, 0.5) is 0 Å². The van der Waals surface area contributed by atoms with Gasteiger partial charge in [0.25, 0.3) is 0 Å². The summed E-state index contributed by atoms with van der Waals surface area (Å²) in [6.45, 7) is 4.01. The molecule has 24 heavy (non-hydrogen) atoms. The number of aliphatic hydroxyl groups excluding tert-OH is 2. The number of hydrogen-bond acceptors (Lipinski definition) is 4. The van der Waals surface area contributed by atoms with E-state index in [9.17, 15) is 10.2 Å². The second kappa shape index (κ2) is 10.0. The van der Waals surface area contributed by atoms with Crippen LogP contribution in [-0.2, 0) is 22.7 Å². The maximum absolute atomic E-state index is 10.2. The van der Waals surface area contributed by atoms with Crippen LogP contribution in [0.25, 0.3) is 0 Å². The molecule has 3 atom stereocenters. The molecule has 4 heteroatoms. The van der Waals surface area contributed by atoms with Gasteiger partial charge >= 0.3 is 0 Å². The fourth-order valence-electron chi connectivity index (χ4n) is 2.36. The maximum Gasteiger partial charge on any atom is 0.116 e. The summed E-state index contributed by atoms with van der Waals surface area (Å²) in [7, 11) is 0. The summed E-state index contributed by atoms with van der Waals surface area (Å²) in [5.74, 6) is 0.